The van der Waals surface area contributed by atoms with Crippen molar-refractivity contribution in [3.05, 3.63) is 24.3 Å². The molecule has 6 heteroatoms. The summed E-state index contributed by atoms with van der Waals surface area (Å²) in [6.07, 6.45) is 7.66. The summed E-state index contributed by atoms with van der Waals surface area (Å²) in [5.41, 5.74) is 2.20. The van der Waals surface area contributed by atoms with E-state index >= 15 is 0 Å². The molecule has 3 rings (SSSR count). The minimum atomic E-state index is -0.499. The van der Waals surface area contributed by atoms with E-state index in [2.05, 4.69) is 40.4 Å². The summed E-state index contributed by atoms with van der Waals surface area (Å²) < 4.78 is 6.31. The highest BCUT2D eigenvalue weighted by molar-refractivity contribution is 7.98. The van der Waals surface area contributed by atoms with Crippen LogP contribution < -0.4 is 10.1 Å². The number of para-hydroxylation sites is 1. The van der Waals surface area contributed by atoms with Crippen LogP contribution >= 0.6 is 11.8 Å². The summed E-state index contributed by atoms with van der Waals surface area (Å²) in [6.45, 7) is 4.31. The summed E-state index contributed by atoms with van der Waals surface area (Å²) in [5.74, 6) is 0.560. The van der Waals surface area contributed by atoms with Crippen molar-refractivity contribution >= 4 is 17.4 Å². The molecule has 128 valence electrons. The molecular weight excluding hydrogens is 320 g/mol. The Morgan fingerprint density at radius 2 is 2.00 bits per heavy atom. The van der Waals surface area contributed by atoms with E-state index in [-0.39, 0.29) is 0 Å². The molecule has 0 radical (unpaired) electrons. The van der Waals surface area contributed by atoms with E-state index in [1.807, 2.05) is 24.5 Å². The second kappa shape index (κ2) is 7.38. The number of anilines is 1. The lowest BCUT2D eigenvalue weighted by Gasteiger charge is -2.30. The van der Waals surface area contributed by atoms with E-state index in [0.29, 0.717) is 16.7 Å². The van der Waals surface area contributed by atoms with Gasteiger partial charge in [-0.25, -0.2) is 0 Å². The fourth-order valence-electron chi connectivity index (χ4n) is 2.95. The zero-order chi connectivity index (χ0) is 17.0. The third kappa shape index (κ3) is 3.64. The Hall–Kier alpha value is -1.82. The largest absolute Gasteiger partial charge is 0.450 e. The number of benzene rings is 1. The van der Waals surface area contributed by atoms with Gasteiger partial charge in [-0.3, -0.25) is 0 Å². The highest BCUT2D eigenvalue weighted by Crippen LogP contribution is 2.39. The van der Waals surface area contributed by atoms with Gasteiger partial charge in [-0.15, -0.1) is 10.2 Å². The molecule has 0 spiro atoms. The second-order valence-electron chi connectivity index (χ2n) is 6.27. The molecule has 0 unspecified atom stereocenters. The normalized spacial score (nSPS) is 18.8. The van der Waals surface area contributed by atoms with E-state index in [0.717, 1.165) is 24.1 Å². The maximum atomic E-state index is 6.31. The Morgan fingerprint density at radius 3 is 2.79 bits per heavy atom. The first kappa shape index (κ1) is 17.0. The quantitative estimate of drug-likeness (QED) is 0.603. The molecule has 1 N–H and O–H groups in total. The van der Waals surface area contributed by atoms with Crippen LogP contribution in [0.5, 0.6) is 5.88 Å². The molecule has 1 atom stereocenters. The van der Waals surface area contributed by atoms with Crippen LogP contribution in [-0.4, -0.2) is 27.2 Å². The van der Waals surface area contributed by atoms with Gasteiger partial charge in [0, 0.05) is 17.7 Å². The predicted molar refractivity (Wildman–Crippen MR) is 98.5 cm³/mol. The molecule has 1 aromatic heterocycles. The Kier molecular flexibility index (Phi) is 5.23. The fourth-order valence-corrected chi connectivity index (χ4v) is 3.25. The lowest BCUT2D eigenvalue weighted by atomic mass is 10.0. The minimum absolute atomic E-state index is 0.499. The van der Waals surface area contributed by atoms with Crippen LogP contribution in [0.15, 0.2) is 29.4 Å². The molecule has 5 nitrogen and oxygen atoms in total. The topological polar surface area (TPSA) is 59.9 Å². The first-order chi connectivity index (χ1) is 11.6. The predicted octanol–water partition coefficient (Wildman–Crippen LogP) is 4.75. The number of nitrogens with one attached hydrogen (secondary N) is 1. The van der Waals surface area contributed by atoms with Crippen LogP contribution in [0.4, 0.5) is 5.69 Å². The lowest BCUT2D eigenvalue weighted by molar-refractivity contribution is 0.100. The van der Waals surface area contributed by atoms with Crippen LogP contribution in [0.1, 0.15) is 46.0 Å². The number of hydrogen-bond donors (Lipinski definition) is 1. The smallest absolute Gasteiger partial charge is 0.247 e. The number of ether oxygens (including phenoxy) is 1. The van der Waals surface area contributed by atoms with Gasteiger partial charge in [0.15, 0.2) is 11.4 Å². The standard InChI is InChI=1S/C18H24N4OS/c1-4-5-6-9-12-18(2)20-14-11-8-7-10-13(14)15-16(23-18)19-17(24-3)22-21-15/h7-8,10-11,20H,4-6,9,12H2,1-3H3/t18-/m0/s1. The Balaban J connectivity index is 1.96. The average Bonchev–Trinajstić information content (AvgIpc) is 2.71. The number of thioether (sulfide) groups is 1. The molecule has 0 saturated heterocycles. The van der Waals surface area contributed by atoms with Crippen molar-refractivity contribution in [3.63, 3.8) is 0 Å². The molecule has 0 amide bonds. The molecule has 2 heterocycles. The average molecular weight is 344 g/mol. The monoisotopic (exact) mass is 344 g/mol. The summed E-state index contributed by atoms with van der Waals surface area (Å²) >= 11 is 1.47. The second-order valence-corrected chi connectivity index (χ2v) is 7.04. The maximum Gasteiger partial charge on any atom is 0.247 e. The first-order valence-corrected chi connectivity index (χ1v) is 9.73. The van der Waals surface area contributed by atoms with Gasteiger partial charge in [0.2, 0.25) is 11.0 Å². The number of hydrogen-bond acceptors (Lipinski definition) is 6. The molecule has 0 aliphatic carbocycles. The van der Waals surface area contributed by atoms with Gasteiger partial charge in [0.25, 0.3) is 0 Å². The zero-order valence-electron chi connectivity index (χ0n) is 14.5. The molecule has 1 aliphatic heterocycles. The lowest BCUT2D eigenvalue weighted by Crippen LogP contribution is -2.40. The molecule has 1 aromatic carbocycles. The summed E-state index contributed by atoms with van der Waals surface area (Å²) in [5, 5.41) is 12.7. The molecule has 0 saturated carbocycles. The first-order valence-electron chi connectivity index (χ1n) is 8.50. The van der Waals surface area contributed by atoms with Crippen molar-refractivity contribution in [2.75, 3.05) is 11.6 Å². The van der Waals surface area contributed by atoms with Gasteiger partial charge >= 0.3 is 0 Å². The van der Waals surface area contributed by atoms with E-state index in [9.17, 15) is 0 Å². The summed E-state index contributed by atoms with van der Waals surface area (Å²) in [7, 11) is 0. The number of rotatable bonds is 6. The maximum absolute atomic E-state index is 6.31. The molecule has 2 aromatic rings. The van der Waals surface area contributed by atoms with Gasteiger partial charge in [-0.2, -0.15) is 4.98 Å². The van der Waals surface area contributed by atoms with Gasteiger partial charge < -0.3 is 10.1 Å². The van der Waals surface area contributed by atoms with E-state index in [1.54, 1.807) is 0 Å². The molecular formula is C18H24N4OS. The van der Waals surface area contributed by atoms with Crippen molar-refractivity contribution in [2.45, 2.75) is 56.8 Å². The summed E-state index contributed by atoms with van der Waals surface area (Å²) in [4.78, 5) is 4.56. The highest BCUT2D eigenvalue weighted by Gasteiger charge is 2.33. The number of nitrogens with zero attached hydrogens (tertiary/aromatic N) is 3. The van der Waals surface area contributed by atoms with Gasteiger partial charge in [0.1, 0.15) is 0 Å². The molecule has 0 bridgehead atoms. The molecule has 24 heavy (non-hydrogen) atoms. The van der Waals surface area contributed by atoms with Crippen molar-refractivity contribution in [1.82, 2.24) is 15.2 Å². The number of unbranched alkanes of at least 4 members (excludes halogenated alkanes) is 3. The highest BCUT2D eigenvalue weighted by atomic mass is 32.2. The van der Waals surface area contributed by atoms with Crippen LogP contribution in [0.25, 0.3) is 11.3 Å². The van der Waals surface area contributed by atoms with E-state index in [1.165, 1.54) is 31.0 Å². The van der Waals surface area contributed by atoms with Gasteiger partial charge in [-0.05, 0) is 25.7 Å². The van der Waals surface area contributed by atoms with Crippen LogP contribution in [0, 0.1) is 0 Å². The Morgan fingerprint density at radius 1 is 1.17 bits per heavy atom. The molecule has 1 aliphatic rings. The van der Waals surface area contributed by atoms with E-state index in [4.69, 9.17) is 4.74 Å². The SMILES string of the molecule is CCCCCC[C@@]1(C)Nc2ccccc2-c2nnc(SC)nc2O1. The minimum Gasteiger partial charge on any atom is -0.450 e. The van der Waals surface area contributed by atoms with Crippen molar-refractivity contribution in [1.29, 1.82) is 0 Å². The van der Waals surface area contributed by atoms with Crippen LogP contribution in [-0.2, 0) is 0 Å². The zero-order valence-corrected chi connectivity index (χ0v) is 15.3. The van der Waals surface area contributed by atoms with E-state index < -0.39 is 5.72 Å². The molecule has 0 fully saturated rings. The van der Waals surface area contributed by atoms with Gasteiger partial charge in [-0.1, -0.05) is 56.1 Å². The Bertz CT molecular complexity index is 709. The van der Waals surface area contributed by atoms with Crippen molar-refractivity contribution in [3.8, 4) is 17.1 Å². The Labute approximate surface area is 147 Å². The van der Waals surface area contributed by atoms with Crippen LogP contribution in [0.2, 0.25) is 0 Å². The fraction of sp³-hybridized carbons (Fsp3) is 0.500. The number of aromatic nitrogens is 3. The van der Waals surface area contributed by atoms with Crippen LogP contribution in [0.3, 0.4) is 0 Å². The third-order valence-corrected chi connectivity index (χ3v) is 4.77. The third-order valence-electron chi connectivity index (χ3n) is 4.23. The van der Waals surface area contributed by atoms with Crippen molar-refractivity contribution in [2.24, 2.45) is 0 Å². The summed E-state index contributed by atoms with van der Waals surface area (Å²) in [6, 6.07) is 8.11. The van der Waals surface area contributed by atoms with Crippen molar-refractivity contribution < 1.29 is 4.74 Å². The van der Waals surface area contributed by atoms with Gasteiger partial charge in [0.05, 0.1) is 0 Å². The number of fused-ring (bicyclic) bond motifs is 3.